The Balaban J connectivity index is 3.20. The summed E-state index contributed by atoms with van der Waals surface area (Å²) in [4.78, 5) is 13.6. The van der Waals surface area contributed by atoms with Crippen LogP contribution in [-0.2, 0) is 0 Å². The van der Waals surface area contributed by atoms with Crippen molar-refractivity contribution in [1.82, 2.24) is 0 Å². The summed E-state index contributed by atoms with van der Waals surface area (Å²) in [6.07, 6.45) is 0. The first-order valence-corrected chi connectivity index (χ1v) is 2.96. The SMILES string of the molecule is NOc1cc(F)ccc1[N+](=O)[O-]. The van der Waals surface area contributed by atoms with E-state index in [1.807, 2.05) is 0 Å². The maximum Gasteiger partial charge on any atom is 0.313 e. The first-order valence-electron chi connectivity index (χ1n) is 2.96. The van der Waals surface area contributed by atoms with Crippen molar-refractivity contribution >= 4 is 5.69 Å². The number of nitrogens with two attached hydrogens (primary N) is 1. The second-order valence-electron chi connectivity index (χ2n) is 1.99. The third kappa shape index (κ3) is 1.48. The van der Waals surface area contributed by atoms with Gasteiger partial charge in [-0.2, -0.15) is 5.90 Å². The molecule has 1 aromatic rings. The first-order chi connectivity index (χ1) is 5.65. The lowest BCUT2D eigenvalue weighted by molar-refractivity contribution is -0.386. The molecule has 0 heterocycles. The molecule has 0 amide bonds. The summed E-state index contributed by atoms with van der Waals surface area (Å²) in [7, 11) is 0. The smallest absolute Gasteiger partial charge is 0.313 e. The van der Waals surface area contributed by atoms with E-state index in [0.717, 1.165) is 18.2 Å². The lowest BCUT2D eigenvalue weighted by Gasteiger charge is -1.98. The Morgan fingerprint density at radius 3 is 2.75 bits per heavy atom. The van der Waals surface area contributed by atoms with Gasteiger partial charge in [0.25, 0.3) is 0 Å². The molecule has 5 nitrogen and oxygen atoms in total. The van der Waals surface area contributed by atoms with E-state index in [2.05, 4.69) is 10.7 Å². The molecular weight excluding hydrogens is 167 g/mol. The van der Waals surface area contributed by atoms with E-state index in [4.69, 9.17) is 0 Å². The maximum absolute atomic E-state index is 12.4. The molecule has 1 aromatic carbocycles. The number of hydrogen-bond acceptors (Lipinski definition) is 4. The zero-order valence-corrected chi connectivity index (χ0v) is 5.86. The molecule has 0 radical (unpaired) electrons. The zero-order valence-electron chi connectivity index (χ0n) is 5.86. The van der Waals surface area contributed by atoms with Gasteiger partial charge >= 0.3 is 5.69 Å². The van der Waals surface area contributed by atoms with Gasteiger partial charge in [0.05, 0.1) is 4.92 Å². The summed E-state index contributed by atoms with van der Waals surface area (Å²) in [6.45, 7) is 0. The maximum atomic E-state index is 12.4. The Morgan fingerprint density at radius 2 is 2.25 bits per heavy atom. The summed E-state index contributed by atoms with van der Waals surface area (Å²) >= 11 is 0. The van der Waals surface area contributed by atoms with E-state index in [-0.39, 0.29) is 11.4 Å². The standard InChI is InChI=1S/C6H5FN2O3/c7-4-1-2-5(9(10)11)6(3-4)12-8/h1-3H,8H2. The summed E-state index contributed by atoms with van der Waals surface area (Å²) in [5, 5.41) is 10.2. The van der Waals surface area contributed by atoms with Crippen LogP contribution < -0.4 is 10.7 Å². The lowest BCUT2D eigenvalue weighted by Crippen LogP contribution is -2.04. The normalized spacial score (nSPS) is 9.50. The highest BCUT2D eigenvalue weighted by Gasteiger charge is 2.14. The number of hydrogen-bond donors (Lipinski definition) is 1. The molecule has 0 bridgehead atoms. The van der Waals surface area contributed by atoms with Crippen molar-refractivity contribution in [2.75, 3.05) is 0 Å². The van der Waals surface area contributed by atoms with E-state index in [1.165, 1.54) is 0 Å². The van der Waals surface area contributed by atoms with Crippen molar-refractivity contribution in [3.63, 3.8) is 0 Å². The van der Waals surface area contributed by atoms with Crippen LogP contribution in [0.4, 0.5) is 10.1 Å². The number of halogens is 1. The molecule has 64 valence electrons. The van der Waals surface area contributed by atoms with Crippen molar-refractivity contribution in [3.8, 4) is 5.75 Å². The molecule has 0 saturated heterocycles. The van der Waals surface area contributed by atoms with Crippen LogP contribution in [0.25, 0.3) is 0 Å². The summed E-state index contributed by atoms with van der Waals surface area (Å²) in [5.74, 6) is 3.76. The fraction of sp³-hybridized carbons (Fsp3) is 0. The molecule has 0 unspecified atom stereocenters. The third-order valence-electron chi connectivity index (χ3n) is 1.25. The Kier molecular flexibility index (Phi) is 2.20. The van der Waals surface area contributed by atoms with Crippen molar-refractivity contribution < 1.29 is 14.2 Å². The topological polar surface area (TPSA) is 78.4 Å². The molecular formula is C6H5FN2O3. The lowest BCUT2D eigenvalue weighted by atomic mass is 10.3. The molecule has 0 spiro atoms. The van der Waals surface area contributed by atoms with Crippen LogP contribution in [0.15, 0.2) is 18.2 Å². The van der Waals surface area contributed by atoms with Gasteiger partial charge in [0, 0.05) is 12.1 Å². The molecule has 0 fully saturated rings. The van der Waals surface area contributed by atoms with Crippen LogP contribution in [0.3, 0.4) is 0 Å². The predicted octanol–water partition coefficient (Wildman–Crippen LogP) is 0.986. The van der Waals surface area contributed by atoms with E-state index in [1.54, 1.807) is 0 Å². The van der Waals surface area contributed by atoms with Crippen LogP contribution >= 0.6 is 0 Å². The average Bonchev–Trinajstić information content (AvgIpc) is 2.03. The highest BCUT2D eigenvalue weighted by Crippen LogP contribution is 2.25. The van der Waals surface area contributed by atoms with Crippen molar-refractivity contribution in [3.05, 3.63) is 34.1 Å². The molecule has 1 rings (SSSR count). The average molecular weight is 172 g/mol. The van der Waals surface area contributed by atoms with Gasteiger partial charge < -0.3 is 4.84 Å². The molecule has 0 atom stereocenters. The Morgan fingerprint density at radius 1 is 1.58 bits per heavy atom. The Labute approximate surface area is 66.7 Å². The molecule has 0 aliphatic carbocycles. The highest BCUT2D eigenvalue weighted by molar-refractivity contribution is 5.45. The van der Waals surface area contributed by atoms with Crippen molar-refractivity contribution in [2.45, 2.75) is 0 Å². The van der Waals surface area contributed by atoms with Gasteiger partial charge in [-0.15, -0.1) is 0 Å². The van der Waals surface area contributed by atoms with E-state index >= 15 is 0 Å². The number of nitro groups is 1. The summed E-state index contributed by atoms with van der Waals surface area (Å²) in [5.41, 5.74) is -0.362. The highest BCUT2D eigenvalue weighted by atomic mass is 19.1. The van der Waals surface area contributed by atoms with Gasteiger partial charge in [-0.25, -0.2) is 4.39 Å². The van der Waals surface area contributed by atoms with Crippen LogP contribution in [0.1, 0.15) is 0 Å². The van der Waals surface area contributed by atoms with E-state index in [0.29, 0.717) is 0 Å². The number of nitro benzene ring substituents is 1. The minimum absolute atomic E-state index is 0.292. The van der Waals surface area contributed by atoms with Crippen LogP contribution in [0.2, 0.25) is 0 Å². The fourth-order valence-electron chi connectivity index (χ4n) is 0.733. The number of nitrogens with zero attached hydrogens (tertiary/aromatic N) is 1. The van der Waals surface area contributed by atoms with Gasteiger partial charge in [0.15, 0.2) is 0 Å². The second-order valence-corrected chi connectivity index (χ2v) is 1.99. The largest absolute Gasteiger partial charge is 0.404 e. The van der Waals surface area contributed by atoms with Gasteiger partial charge in [0.1, 0.15) is 5.82 Å². The molecule has 12 heavy (non-hydrogen) atoms. The minimum atomic E-state index is -0.707. The van der Waals surface area contributed by atoms with Crippen molar-refractivity contribution in [1.29, 1.82) is 0 Å². The number of rotatable bonds is 2. The zero-order chi connectivity index (χ0) is 9.14. The second kappa shape index (κ2) is 3.14. The molecule has 2 N–H and O–H groups in total. The van der Waals surface area contributed by atoms with Gasteiger partial charge in [-0.05, 0) is 6.07 Å². The fourth-order valence-corrected chi connectivity index (χ4v) is 0.733. The Bertz CT molecular complexity index is 316. The molecule has 6 heteroatoms. The summed E-state index contributed by atoms with van der Waals surface area (Å²) in [6, 6.07) is 2.79. The van der Waals surface area contributed by atoms with E-state index in [9.17, 15) is 14.5 Å². The minimum Gasteiger partial charge on any atom is -0.404 e. The molecule has 0 aliphatic rings. The van der Waals surface area contributed by atoms with Crippen LogP contribution in [0, 0.1) is 15.9 Å². The Hall–Kier alpha value is -1.69. The summed E-state index contributed by atoms with van der Waals surface area (Å²) < 4.78 is 12.4. The number of benzene rings is 1. The first kappa shape index (κ1) is 8.41. The van der Waals surface area contributed by atoms with Gasteiger partial charge in [0.2, 0.25) is 5.75 Å². The van der Waals surface area contributed by atoms with E-state index < -0.39 is 10.7 Å². The third-order valence-corrected chi connectivity index (χ3v) is 1.25. The van der Waals surface area contributed by atoms with Crippen LogP contribution in [-0.4, -0.2) is 4.92 Å². The van der Waals surface area contributed by atoms with Crippen molar-refractivity contribution in [2.24, 2.45) is 5.90 Å². The monoisotopic (exact) mass is 172 g/mol. The van der Waals surface area contributed by atoms with Crippen LogP contribution in [0.5, 0.6) is 5.75 Å². The predicted molar refractivity (Wildman–Crippen MR) is 37.9 cm³/mol. The van der Waals surface area contributed by atoms with Gasteiger partial charge in [-0.1, -0.05) is 0 Å². The molecule has 0 aromatic heterocycles. The molecule has 0 aliphatic heterocycles. The molecule has 0 saturated carbocycles. The quantitative estimate of drug-likeness (QED) is 0.532. The van der Waals surface area contributed by atoms with Gasteiger partial charge in [-0.3, -0.25) is 10.1 Å².